The molecule has 0 fully saturated rings. The third-order valence-corrected chi connectivity index (χ3v) is 3.41. The average molecular weight is 350 g/mol. The van der Waals surface area contributed by atoms with Crippen molar-refractivity contribution in [2.24, 2.45) is 0 Å². The maximum atomic E-state index is 6.06. The maximum absolute atomic E-state index is 6.06. The molecule has 0 spiro atoms. The lowest BCUT2D eigenvalue weighted by Gasteiger charge is -2.14. The molecule has 4 heteroatoms. The van der Waals surface area contributed by atoms with Gasteiger partial charge in [0.2, 0.25) is 0 Å². The van der Waals surface area contributed by atoms with Crippen LogP contribution in [0, 0.1) is 0 Å². The van der Waals surface area contributed by atoms with Gasteiger partial charge in [0.1, 0.15) is 5.75 Å². The van der Waals surface area contributed by atoms with E-state index in [9.17, 15) is 0 Å². The fraction of sp³-hybridized carbons (Fsp3) is 0.294. The van der Waals surface area contributed by atoms with E-state index in [1.54, 1.807) is 0 Å². The van der Waals surface area contributed by atoms with Crippen LogP contribution in [0.5, 0.6) is 17.2 Å². The number of hydrogen-bond acceptors (Lipinski definition) is 3. The molecule has 3 nitrogen and oxygen atoms in total. The minimum atomic E-state index is 0.685. The van der Waals surface area contributed by atoms with E-state index in [1.165, 1.54) is 0 Å². The number of para-hydroxylation sites is 2. The summed E-state index contributed by atoms with van der Waals surface area (Å²) in [5.41, 5.74) is 1.09. The highest BCUT2D eigenvalue weighted by atomic mass is 79.9. The molecule has 0 atom stereocenters. The highest BCUT2D eigenvalue weighted by Gasteiger charge is 2.09. The molecule has 0 radical (unpaired) electrons. The Morgan fingerprint density at radius 1 is 1.05 bits per heavy atom. The molecule has 112 valence electrons. The molecule has 0 aliphatic carbocycles. The first kappa shape index (κ1) is 15.9. The van der Waals surface area contributed by atoms with Gasteiger partial charge in [-0.2, -0.15) is 0 Å². The summed E-state index contributed by atoms with van der Waals surface area (Å²) >= 11 is 3.49. The zero-order valence-corrected chi connectivity index (χ0v) is 13.9. The lowest BCUT2D eigenvalue weighted by atomic mass is 10.2. The van der Waals surface area contributed by atoms with Crippen molar-refractivity contribution in [3.05, 3.63) is 52.5 Å². The number of ether oxygens (including phenoxy) is 2. The zero-order valence-electron chi connectivity index (χ0n) is 12.4. The van der Waals surface area contributed by atoms with E-state index in [0.717, 1.165) is 40.3 Å². The zero-order chi connectivity index (χ0) is 15.1. The van der Waals surface area contributed by atoms with Gasteiger partial charge in [0, 0.05) is 16.6 Å². The van der Waals surface area contributed by atoms with Crippen molar-refractivity contribution in [3.63, 3.8) is 0 Å². The maximum Gasteiger partial charge on any atom is 0.169 e. The van der Waals surface area contributed by atoms with E-state index in [1.807, 2.05) is 43.4 Å². The van der Waals surface area contributed by atoms with Crippen molar-refractivity contribution in [3.8, 4) is 17.2 Å². The molecular formula is C17H20BrNO2. The Bertz CT molecular complexity index is 587. The molecule has 2 aromatic carbocycles. The van der Waals surface area contributed by atoms with Gasteiger partial charge in [-0.1, -0.05) is 35.0 Å². The van der Waals surface area contributed by atoms with E-state index in [2.05, 4.69) is 34.2 Å². The van der Waals surface area contributed by atoms with Crippen LogP contribution in [0.1, 0.15) is 18.9 Å². The minimum absolute atomic E-state index is 0.685. The molecule has 0 amide bonds. The summed E-state index contributed by atoms with van der Waals surface area (Å²) in [5, 5.41) is 3.15. The summed E-state index contributed by atoms with van der Waals surface area (Å²) in [5.74, 6) is 2.35. The van der Waals surface area contributed by atoms with Crippen LogP contribution in [0.4, 0.5) is 0 Å². The van der Waals surface area contributed by atoms with Gasteiger partial charge in [-0.3, -0.25) is 0 Å². The molecule has 0 bridgehead atoms. The lowest BCUT2D eigenvalue weighted by Crippen LogP contribution is -2.06. The van der Waals surface area contributed by atoms with Gasteiger partial charge in [-0.25, -0.2) is 0 Å². The first-order chi connectivity index (χ1) is 10.2. The Labute approximate surface area is 134 Å². The average Bonchev–Trinajstić information content (AvgIpc) is 2.49. The second kappa shape index (κ2) is 8.05. The number of hydrogen-bond donors (Lipinski definition) is 1. The number of halogens is 1. The molecule has 0 heterocycles. The number of nitrogens with one attached hydrogen (secondary N) is 1. The van der Waals surface area contributed by atoms with Crippen molar-refractivity contribution < 1.29 is 9.47 Å². The Morgan fingerprint density at radius 2 is 1.81 bits per heavy atom. The van der Waals surface area contributed by atoms with Crippen LogP contribution in [0.25, 0.3) is 0 Å². The number of rotatable bonds is 7. The number of benzene rings is 2. The Morgan fingerprint density at radius 3 is 2.52 bits per heavy atom. The third-order valence-electron chi connectivity index (χ3n) is 2.92. The molecule has 1 N–H and O–H groups in total. The van der Waals surface area contributed by atoms with Crippen LogP contribution in [-0.4, -0.2) is 13.7 Å². The molecule has 2 rings (SSSR count). The molecule has 0 aliphatic rings. The smallest absolute Gasteiger partial charge is 0.169 e. The Hall–Kier alpha value is -1.52. The summed E-state index contributed by atoms with van der Waals surface area (Å²) in [4.78, 5) is 0. The normalized spacial score (nSPS) is 10.4. The molecule has 0 unspecified atom stereocenters. The van der Waals surface area contributed by atoms with Gasteiger partial charge < -0.3 is 14.8 Å². The molecule has 21 heavy (non-hydrogen) atoms. The van der Waals surface area contributed by atoms with Gasteiger partial charge in [-0.05, 0) is 43.8 Å². The van der Waals surface area contributed by atoms with Crippen molar-refractivity contribution in [2.75, 3.05) is 13.7 Å². The highest BCUT2D eigenvalue weighted by Crippen LogP contribution is 2.34. The fourth-order valence-corrected chi connectivity index (χ4v) is 2.37. The summed E-state index contributed by atoms with van der Waals surface area (Å²) in [6.45, 7) is 3.51. The van der Waals surface area contributed by atoms with Gasteiger partial charge in [0.15, 0.2) is 11.5 Å². The minimum Gasteiger partial charge on any atom is -0.490 e. The van der Waals surface area contributed by atoms with Crippen molar-refractivity contribution in [2.45, 2.75) is 19.9 Å². The summed E-state index contributed by atoms with van der Waals surface area (Å²) in [6.07, 6.45) is 0.970. The van der Waals surface area contributed by atoms with Gasteiger partial charge in [-0.15, -0.1) is 0 Å². The first-order valence-electron chi connectivity index (χ1n) is 7.07. The fourth-order valence-electron chi connectivity index (χ4n) is 1.96. The second-order valence-electron chi connectivity index (χ2n) is 4.68. The predicted octanol–water partition coefficient (Wildman–Crippen LogP) is 4.75. The molecule has 0 aromatic heterocycles. The second-order valence-corrected chi connectivity index (χ2v) is 5.60. The summed E-state index contributed by atoms with van der Waals surface area (Å²) in [7, 11) is 1.92. The van der Waals surface area contributed by atoms with Crippen molar-refractivity contribution in [1.82, 2.24) is 5.32 Å². The quantitative estimate of drug-likeness (QED) is 0.782. The van der Waals surface area contributed by atoms with Gasteiger partial charge >= 0.3 is 0 Å². The predicted molar refractivity (Wildman–Crippen MR) is 89.2 cm³/mol. The van der Waals surface area contributed by atoms with Gasteiger partial charge in [0.25, 0.3) is 0 Å². The third kappa shape index (κ3) is 4.48. The summed E-state index contributed by atoms with van der Waals surface area (Å²) < 4.78 is 12.8. The molecule has 0 aliphatic heterocycles. The van der Waals surface area contributed by atoms with Crippen LogP contribution in [0.15, 0.2) is 46.9 Å². The monoisotopic (exact) mass is 349 g/mol. The van der Waals surface area contributed by atoms with Gasteiger partial charge in [0.05, 0.1) is 6.61 Å². The van der Waals surface area contributed by atoms with E-state index >= 15 is 0 Å². The molecular weight excluding hydrogens is 330 g/mol. The van der Waals surface area contributed by atoms with E-state index in [4.69, 9.17) is 9.47 Å². The SMILES string of the molecule is CCCOc1ccccc1Oc1ccc(Br)cc1CNC. The van der Waals surface area contributed by atoms with E-state index in [0.29, 0.717) is 6.61 Å². The van der Waals surface area contributed by atoms with Crippen LogP contribution in [0.2, 0.25) is 0 Å². The largest absolute Gasteiger partial charge is 0.490 e. The van der Waals surface area contributed by atoms with Crippen LogP contribution < -0.4 is 14.8 Å². The molecule has 0 saturated heterocycles. The van der Waals surface area contributed by atoms with Crippen LogP contribution >= 0.6 is 15.9 Å². The highest BCUT2D eigenvalue weighted by molar-refractivity contribution is 9.10. The standard InChI is InChI=1S/C17H20BrNO2/c1-3-10-20-16-6-4-5-7-17(16)21-15-9-8-14(18)11-13(15)12-19-2/h4-9,11,19H,3,10,12H2,1-2H3. The van der Waals surface area contributed by atoms with Crippen LogP contribution in [-0.2, 0) is 6.54 Å². The topological polar surface area (TPSA) is 30.5 Å². The van der Waals surface area contributed by atoms with Crippen LogP contribution in [0.3, 0.4) is 0 Å². The van der Waals surface area contributed by atoms with E-state index in [-0.39, 0.29) is 0 Å². The lowest BCUT2D eigenvalue weighted by molar-refractivity contribution is 0.301. The first-order valence-corrected chi connectivity index (χ1v) is 7.86. The Kier molecular flexibility index (Phi) is 6.08. The summed E-state index contributed by atoms with van der Waals surface area (Å²) in [6, 6.07) is 13.8. The van der Waals surface area contributed by atoms with Crippen molar-refractivity contribution >= 4 is 15.9 Å². The van der Waals surface area contributed by atoms with E-state index < -0.39 is 0 Å². The van der Waals surface area contributed by atoms with Crippen molar-refractivity contribution in [1.29, 1.82) is 0 Å². The molecule has 2 aromatic rings. The molecule has 0 saturated carbocycles. The Balaban J connectivity index is 2.25.